The Balaban J connectivity index is 0.00000320. The lowest BCUT2D eigenvalue weighted by Gasteiger charge is -2.30. The van der Waals surface area contributed by atoms with Crippen molar-refractivity contribution in [3.05, 3.63) is 36.3 Å². The maximum absolute atomic E-state index is 5.40. The first-order valence-corrected chi connectivity index (χ1v) is 10.9. The maximum atomic E-state index is 5.40. The lowest BCUT2D eigenvalue weighted by atomic mass is 9.99. The van der Waals surface area contributed by atoms with E-state index < -0.39 is 0 Å². The number of rotatable bonds is 10. The molecule has 3 rings (SSSR count). The zero-order valence-electron chi connectivity index (χ0n) is 18.2. The second-order valence-electron chi connectivity index (χ2n) is 7.77. The van der Waals surface area contributed by atoms with Gasteiger partial charge in [-0.3, -0.25) is 0 Å². The number of aryl methyl sites for hydroxylation is 1. The molecule has 8 nitrogen and oxygen atoms in total. The van der Waals surface area contributed by atoms with E-state index in [2.05, 4.69) is 49.1 Å². The van der Waals surface area contributed by atoms with Gasteiger partial charge in [0.15, 0.2) is 5.96 Å². The van der Waals surface area contributed by atoms with Crippen LogP contribution in [0.25, 0.3) is 0 Å². The molecule has 2 N–H and O–H groups in total. The van der Waals surface area contributed by atoms with E-state index in [1.807, 2.05) is 12.1 Å². The van der Waals surface area contributed by atoms with Gasteiger partial charge in [-0.05, 0) is 56.9 Å². The summed E-state index contributed by atoms with van der Waals surface area (Å²) in [4.78, 5) is 7.24. The van der Waals surface area contributed by atoms with E-state index in [-0.39, 0.29) is 24.0 Å². The smallest absolute Gasteiger partial charge is 0.191 e. The molecule has 9 heteroatoms. The van der Waals surface area contributed by atoms with E-state index in [1.165, 1.54) is 25.9 Å². The summed E-state index contributed by atoms with van der Waals surface area (Å²) in [5.74, 6) is 3.57. The zero-order chi connectivity index (χ0) is 20.3. The Morgan fingerprint density at radius 3 is 2.77 bits per heavy atom. The number of aromatic nitrogens is 3. The second kappa shape index (κ2) is 13.6. The van der Waals surface area contributed by atoms with Gasteiger partial charge in [0.05, 0.1) is 6.26 Å². The maximum Gasteiger partial charge on any atom is 0.191 e. The average Bonchev–Trinajstić information content (AvgIpc) is 3.41. The van der Waals surface area contributed by atoms with Crippen LogP contribution in [0.5, 0.6) is 0 Å². The van der Waals surface area contributed by atoms with Crippen molar-refractivity contribution in [1.29, 1.82) is 0 Å². The van der Waals surface area contributed by atoms with Gasteiger partial charge in [0, 0.05) is 26.1 Å². The Kier molecular flexibility index (Phi) is 11.2. The van der Waals surface area contributed by atoms with Gasteiger partial charge in [0.1, 0.15) is 24.5 Å². The van der Waals surface area contributed by atoms with E-state index >= 15 is 0 Å². The number of nitrogens with zero attached hydrogens (tertiary/aromatic N) is 5. The molecule has 168 valence electrons. The molecule has 1 fully saturated rings. The predicted octanol–water partition coefficient (Wildman–Crippen LogP) is 2.91. The van der Waals surface area contributed by atoms with Crippen molar-refractivity contribution in [2.24, 2.45) is 10.9 Å². The average molecular weight is 529 g/mol. The normalized spacial score (nSPS) is 15.7. The van der Waals surface area contributed by atoms with Gasteiger partial charge >= 0.3 is 0 Å². The Morgan fingerprint density at radius 2 is 2.03 bits per heavy atom. The first kappa shape index (κ1) is 24.6. The Hall–Kier alpha value is -1.62. The molecule has 0 saturated carbocycles. The van der Waals surface area contributed by atoms with Crippen molar-refractivity contribution in [1.82, 2.24) is 30.3 Å². The molecule has 2 aromatic heterocycles. The van der Waals surface area contributed by atoms with Crippen LogP contribution in [0.3, 0.4) is 0 Å². The number of nitrogens with one attached hydrogen (secondary N) is 2. The van der Waals surface area contributed by atoms with Crippen LogP contribution in [-0.2, 0) is 19.5 Å². The number of hydrogen-bond donors (Lipinski definition) is 2. The van der Waals surface area contributed by atoms with Crippen molar-refractivity contribution in [2.75, 3.05) is 32.7 Å². The lowest BCUT2D eigenvalue weighted by molar-refractivity contribution is 0.191. The summed E-state index contributed by atoms with van der Waals surface area (Å²) < 4.78 is 7.48. The SMILES string of the molecule is CCc1nncn1CCNC(=NCc1ccco1)NCCCN1CCC(C)CC1.I. The van der Waals surface area contributed by atoms with Crippen LogP contribution in [-0.4, -0.2) is 58.3 Å². The Labute approximate surface area is 196 Å². The quantitative estimate of drug-likeness (QED) is 0.213. The van der Waals surface area contributed by atoms with Crippen molar-refractivity contribution in [3.8, 4) is 0 Å². The van der Waals surface area contributed by atoms with Gasteiger partial charge in [0.2, 0.25) is 0 Å². The summed E-state index contributed by atoms with van der Waals surface area (Å²) in [5, 5.41) is 15.0. The number of halogens is 1. The highest BCUT2D eigenvalue weighted by molar-refractivity contribution is 14.0. The molecule has 1 aliphatic heterocycles. The second-order valence-corrected chi connectivity index (χ2v) is 7.77. The van der Waals surface area contributed by atoms with Gasteiger partial charge in [0.25, 0.3) is 0 Å². The van der Waals surface area contributed by atoms with Gasteiger partial charge in [-0.2, -0.15) is 0 Å². The third-order valence-corrected chi connectivity index (χ3v) is 5.45. The molecule has 0 aliphatic carbocycles. The van der Waals surface area contributed by atoms with E-state index in [0.29, 0.717) is 6.54 Å². The van der Waals surface area contributed by atoms with Crippen LogP contribution in [0.2, 0.25) is 0 Å². The van der Waals surface area contributed by atoms with Crippen molar-refractivity contribution < 1.29 is 4.42 Å². The van der Waals surface area contributed by atoms with E-state index in [1.54, 1.807) is 12.6 Å². The number of guanidine groups is 1. The first-order valence-electron chi connectivity index (χ1n) is 10.9. The fraction of sp³-hybridized carbons (Fsp3) is 0.667. The Bertz CT molecular complexity index is 724. The number of furan rings is 1. The summed E-state index contributed by atoms with van der Waals surface area (Å²) >= 11 is 0. The lowest BCUT2D eigenvalue weighted by Crippen LogP contribution is -2.41. The van der Waals surface area contributed by atoms with Crippen molar-refractivity contribution in [3.63, 3.8) is 0 Å². The predicted molar refractivity (Wildman–Crippen MR) is 130 cm³/mol. The molecule has 0 amide bonds. The minimum absolute atomic E-state index is 0. The largest absolute Gasteiger partial charge is 0.467 e. The summed E-state index contributed by atoms with van der Waals surface area (Å²) in [5.41, 5.74) is 0. The van der Waals surface area contributed by atoms with Gasteiger partial charge < -0.3 is 24.5 Å². The van der Waals surface area contributed by atoms with Crippen LogP contribution >= 0.6 is 24.0 Å². The summed E-state index contributed by atoms with van der Waals surface area (Å²) in [6.07, 6.45) is 8.12. The van der Waals surface area contributed by atoms with Crippen LogP contribution in [0, 0.1) is 5.92 Å². The molecule has 0 radical (unpaired) electrons. The molecule has 3 heterocycles. The summed E-state index contributed by atoms with van der Waals surface area (Å²) in [6, 6.07) is 3.84. The molecular formula is C21H36IN7O. The molecule has 2 aromatic rings. The minimum atomic E-state index is 0. The number of piperidine rings is 1. The van der Waals surface area contributed by atoms with Crippen LogP contribution in [0.4, 0.5) is 0 Å². The molecule has 0 atom stereocenters. The van der Waals surface area contributed by atoms with E-state index in [0.717, 1.165) is 62.5 Å². The van der Waals surface area contributed by atoms with E-state index in [9.17, 15) is 0 Å². The number of hydrogen-bond acceptors (Lipinski definition) is 5. The molecular weight excluding hydrogens is 493 g/mol. The number of likely N-dealkylation sites (tertiary alicyclic amines) is 1. The third-order valence-electron chi connectivity index (χ3n) is 5.45. The summed E-state index contributed by atoms with van der Waals surface area (Å²) in [7, 11) is 0. The van der Waals surface area contributed by atoms with Gasteiger partial charge in [-0.15, -0.1) is 34.2 Å². The molecule has 1 aliphatic rings. The first-order chi connectivity index (χ1) is 14.2. The summed E-state index contributed by atoms with van der Waals surface area (Å²) in [6.45, 7) is 11.1. The molecule has 0 aromatic carbocycles. The van der Waals surface area contributed by atoms with Crippen molar-refractivity contribution >= 4 is 29.9 Å². The molecule has 1 saturated heterocycles. The molecule has 0 spiro atoms. The topological polar surface area (TPSA) is 83.5 Å². The monoisotopic (exact) mass is 529 g/mol. The fourth-order valence-electron chi connectivity index (χ4n) is 3.56. The molecule has 30 heavy (non-hydrogen) atoms. The molecule has 0 unspecified atom stereocenters. The minimum Gasteiger partial charge on any atom is -0.467 e. The van der Waals surface area contributed by atoms with Gasteiger partial charge in [-0.1, -0.05) is 13.8 Å². The highest BCUT2D eigenvalue weighted by Crippen LogP contribution is 2.15. The van der Waals surface area contributed by atoms with Gasteiger partial charge in [-0.25, -0.2) is 4.99 Å². The van der Waals surface area contributed by atoms with E-state index in [4.69, 9.17) is 4.42 Å². The fourth-order valence-corrected chi connectivity index (χ4v) is 3.56. The molecule has 0 bridgehead atoms. The Morgan fingerprint density at radius 1 is 1.23 bits per heavy atom. The van der Waals surface area contributed by atoms with Crippen LogP contribution in [0.15, 0.2) is 34.1 Å². The standard InChI is InChI=1S/C21H35N7O.HI/c1-3-20-26-25-17-28(20)14-10-23-21(24-16-19-6-4-15-29-19)22-9-5-11-27-12-7-18(2)8-13-27;/h4,6,15,17-18H,3,5,7-14,16H2,1-2H3,(H2,22,23,24);1H. The highest BCUT2D eigenvalue weighted by Gasteiger charge is 2.14. The van der Waals surface area contributed by atoms with Crippen LogP contribution in [0.1, 0.15) is 44.7 Å². The van der Waals surface area contributed by atoms with Crippen molar-refractivity contribution in [2.45, 2.75) is 52.6 Å². The third kappa shape index (κ3) is 8.25. The van der Waals surface area contributed by atoms with Crippen LogP contribution < -0.4 is 10.6 Å². The highest BCUT2D eigenvalue weighted by atomic mass is 127. The number of aliphatic imine (C=N–C) groups is 1. The zero-order valence-corrected chi connectivity index (χ0v) is 20.5.